The van der Waals surface area contributed by atoms with Gasteiger partial charge in [0.05, 0.1) is 0 Å². The number of carbonyl (C=O) groups is 2. The summed E-state index contributed by atoms with van der Waals surface area (Å²) in [6.07, 6.45) is 3.62. The van der Waals surface area contributed by atoms with Gasteiger partial charge in [0.2, 0.25) is 11.8 Å². The molecule has 0 saturated carbocycles. The zero-order valence-electron chi connectivity index (χ0n) is 12.8. The van der Waals surface area contributed by atoms with Crippen molar-refractivity contribution in [3.63, 3.8) is 0 Å². The molecule has 0 radical (unpaired) electrons. The Balaban J connectivity index is 2.31. The third kappa shape index (κ3) is 2.43. The van der Waals surface area contributed by atoms with Gasteiger partial charge in [-0.05, 0) is 32.1 Å². The molecule has 5 heteroatoms. The predicted octanol–water partition coefficient (Wildman–Crippen LogP) is 1.46. The van der Waals surface area contributed by atoms with Gasteiger partial charge < -0.3 is 15.0 Å². The maximum atomic E-state index is 13.0. The van der Waals surface area contributed by atoms with Crippen LogP contribution in [0.4, 0.5) is 0 Å². The third-order valence-corrected chi connectivity index (χ3v) is 4.82. The molecule has 20 heavy (non-hydrogen) atoms. The monoisotopic (exact) mass is 282 g/mol. The molecule has 1 N–H and O–H groups in total. The van der Waals surface area contributed by atoms with E-state index >= 15 is 0 Å². The number of nitrogens with zero attached hydrogens (tertiary/aromatic N) is 1. The smallest absolute Gasteiger partial charge is 0.249 e. The highest BCUT2D eigenvalue weighted by molar-refractivity contribution is 6.00. The number of carbonyl (C=O) groups excluding carboxylic acids is 2. The van der Waals surface area contributed by atoms with E-state index in [1.807, 2.05) is 25.7 Å². The van der Waals surface area contributed by atoms with Crippen molar-refractivity contribution in [3.8, 4) is 0 Å². The highest BCUT2D eigenvalue weighted by atomic mass is 16.5. The summed E-state index contributed by atoms with van der Waals surface area (Å²) in [6, 6.07) is -0.179. The second kappa shape index (κ2) is 6.12. The minimum Gasteiger partial charge on any atom is -0.381 e. The lowest BCUT2D eigenvalue weighted by molar-refractivity contribution is -0.160. The average molecular weight is 282 g/mol. The summed E-state index contributed by atoms with van der Waals surface area (Å²) in [7, 11) is 0. The van der Waals surface area contributed by atoms with Gasteiger partial charge in [0.15, 0.2) is 0 Å². The molecule has 0 aliphatic carbocycles. The van der Waals surface area contributed by atoms with Gasteiger partial charge in [-0.15, -0.1) is 0 Å². The first kappa shape index (κ1) is 15.3. The summed E-state index contributed by atoms with van der Waals surface area (Å²) < 4.78 is 5.39. The van der Waals surface area contributed by atoms with Crippen LogP contribution in [-0.4, -0.2) is 47.6 Å². The number of amides is 2. The summed E-state index contributed by atoms with van der Waals surface area (Å²) in [6.45, 7) is 7.26. The van der Waals surface area contributed by atoms with E-state index in [9.17, 15) is 9.59 Å². The van der Waals surface area contributed by atoms with Gasteiger partial charge in [0, 0.05) is 19.3 Å². The molecule has 0 aromatic rings. The van der Waals surface area contributed by atoms with Crippen molar-refractivity contribution in [1.82, 2.24) is 10.2 Å². The van der Waals surface area contributed by atoms with Crippen molar-refractivity contribution in [2.24, 2.45) is 0 Å². The van der Waals surface area contributed by atoms with Gasteiger partial charge in [0.1, 0.15) is 11.6 Å². The van der Waals surface area contributed by atoms with Crippen LogP contribution >= 0.6 is 0 Å². The van der Waals surface area contributed by atoms with Crippen LogP contribution in [0.3, 0.4) is 0 Å². The first-order valence-corrected chi connectivity index (χ1v) is 7.82. The standard InChI is InChI=1S/C15H26N2O3/c1-4-12-13(18)16-15(5-2,6-3)14(19)17(12)11-7-9-20-10-8-11/h11-12H,4-10H2,1-3H3,(H,16,18). The second-order valence-electron chi connectivity index (χ2n) is 5.76. The summed E-state index contributed by atoms with van der Waals surface area (Å²) >= 11 is 0. The van der Waals surface area contributed by atoms with E-state index in [2.05, 4.69) is 5.32 Å². The molecule has 0 aromatic heterocycles. The molecular formula is C15H26N2O3. The SMILES string of the molecule is CCC1C(=O)NC(CC)(CC)C(=O)N1C1CCOCC1. The normalized spacial score (nSPS) is 27.6. The molecule has 2 fully saturated rings. The number of rotatable bonds is 4. The van der Waals surface area contributed by atoms with Gasteiger partial charge in [-0.1, -0.05) is 20.8 Å². The molecule has 2 rings (SSSR count). The van der Waals surface area contributed by atoms with Gasteiger partial charge in [-0.2, -0.15) is 0 Å². The van der Waals surface area contributed by atoms with E-state index in [0.29, 0.717) is 32.5 Å². The molecule has 2 heterocycles. The zero-order chi connectivity index (χ0) is 14.8. The maximum absolute atomic E-state index is 13.0. The second-order valence-corrected chi connectivity index (χ2v) is 5.76. The first-order chi connectivity index (χ1) is 9.59. The Hall–Kier alpha value is -1.10. The van der Waals surface area contributed by atoms with Crippen molar-refractivity contribution < 1.29 is 14.3 Å². The lowest BCUT2D eigenvalue weighted by Crippen LogP contribution is -2.71. The maximum Gasteiger partial charge on any atom is 0.249 e. The molecule has 0 bridgehead atoms. The number of piperazine rings is 1. The molecular weight excluding hydrogens is 256 g/mol. The lowest BCUT2D eigenvalue weighted by atomic mass is 9.85. The minimum absolute atomic E-state index is 0.00212. The number of ether oxygens (including phenoxy) is 1. The molecule has 2 amide bonds. The molecule has 0 spiro atoms. The van der Waals surface area contributed by atoms with E-state index in [1.165, 1.54) is 0 Å². The van der Waals surface area contributed by atoms with E-state index < -0.39 is 5.54 Å². The highest BCUT2D eigenvalue weighted by Gasteiger charge is 2.50. The van der Waals surface area contributed by atoms with Crippen molar-refractivity contribution >= 4 is 11.8 Å². The van der Waals surface area contributed by atoms with E-state index in [4.69, 9.17) is 4.74 Å². The van der Waals surface area contributed by atoms with Crippen molar-refractivity contribution in [3.05, 3.63) is 0 Å². The first-order valence-electron chi connectivity index (χ1n) is 7.82. The van der Waals surface area contributed by atoms with Crippen LogP contribution in [0, 0.1) is 0 Å². The largest absolute Gasteiger partial charge is 0.381 e. The van der Waals surface area contributed by atoms with Crippen LogP contribution in [0.15, 0.2) is 0 Å². The lowest BCUT2D eigenvalue weighted by Gasteiger charge is -2.49. The average Bonchev–Trinajstić information content (AvgIpc) is 2.49. The van der Waals surface area contributed by atoms with Crippen LogP contribution in [0.25, 0.3) is 0 Å². The zero-order valence-corrected chi connectivity index (χ0v) is 12.8. The Labute approximate surface area is 121 Å². The molecule has 2 aliphatic rings. The quantitative estimate of drug-likeness (QED) is 0.849. The Kier molecular flexibility index (Phi) is 4.68. The molecule has 2 saturated heterocycles. The Bertz CT molecular complexity index is 373. The van der Waals surface area contributed by atoms with Gasteiger partial charge in [-0.3, -0.25) is 9.59 Å². The fraction of sp³-hybridized carbons (Fsp3) is 0.867. The predicted molar refractivity (Wildman–Crippen MR) is 76.2 cm³/mol. The van der Waals surface area contributed by atoms with Crippen LogP contribution in [0.2, 0.25) is 0 Å². The van der Waals surface area contributed by atoms with E-state index in [0.717, 1.165) is 12.8 Å². The molecule has 0 aromatic carbocycles. The van der Waals surface area contributed by atoms with Crippen molar-refractivity contribution in [2.45, 2.75) is 70.5 Å². The fourth-order valence-corrected chi connectivity index (χ4v) is 3.38. The minimum atomic E-state index is -0.707. The highest BCUT2D eigenvalue weighted by Crippen LogP contribution is 2.30. The van der Waals surface area contributed by atoms with Crippen molar-refractivity contribution in [1.29, 1.82) is 0 Å². The number of nitrogens with one attached hydrogen (secondary N) is 1. The summed E-state index contributed by atoms with van der Waals surface area (Å²) in [5.74, 6) is 0.100. The summed E-state index contributed by atoms with van der Waals surface area (Å²) in [5.41, 5.74) is -0.707. The Morgan fingerprint density at radius 1 is 1.20 bits per heavy atom. The number of hydrogen-bond donors (Lipinski definition) is 1. The van der Waals surface area contributed by atoms with Crippen LogP contribution < -0.4 is 5.32 Å². The topological polar surface area (TPSA) is 58.6 Å². The molecule has 2 aliphatic heterocycles. The molecule has 5 nitrogen and oxygen atoms in total. The van der Waals surface area contributed by atoms with Gasteiger partial charge in [-0.25, -0.2) is 0 Å². The van der Waals surface area contributed by atoms with Crippen LogP contribution in [0.1, 0.15) is 52.9 Å². The summed E-state index contributed by atoms with van der Waals surface area (Å²) in [5, 5.41) is 2.99. The van der Waals surface area contributed by atoms with Gasteiger partial charge >= 0.3 is 0 Å². The fourth-order valence-electron chi connectivity index (χ4n) is 3.38. The van der Waals surface area contributed by atoms with Crippen LogP contribution in [0.5, 0.6) is 0 Å². The van der Waals surface area contributed by atoms with E-state index in [-0.39, 0.29) is 23.9 Å². The molecule has 1 unspecified atom stereocenters. The third-order valence-electron chi connectivity index (χ3n) is 4.82. The van der Waals surface area contributed by atoms with Crippen LogP contribution in [-0.2, 0) is 14.3 Å². The Morgan fingerprint density at radius 2 is 1.80 bits per heavy atom. The summed E-state index contributed by atoms with van der Waals surface area (Å²) in [4.78, 5) is 27.3. The van der Waals surface area contributed by atoms with Crippen molar-refractivity contribution in [2.75, 3.05) is 13.2 Å². The van der Waals surface area contributed by atoms with E-state index in [1.54, 1.807) is 0 Å². The molecule has 114 valence electrons. The molecule has 1 atom stereocenters. The number of hydrogen-bond acceptors (Lipinski definition) is 3. The Morgan fingerprint density at radius 3 is 2.30 bits per heavy atom. The van der Waals surface area contributed by atoms with Gasteiger partial charge in [0.25, 0.3) is 0 Å².